The van der Waals surface area contributed by atoms with E-state index in [2.05, 4.69) is 30.4 Å². The number of nitrogens with one attached hydrogen (secondary N) is 1. The van der Waals surface area contributed by atoms with E-state index in [0.717, 1.165) is 18.8 Å². The van der Waals surface area contributed by atoms with Gasteiger partial charge in [-0.15, -0.1) is 0 Å². The second-order valence-electron chi connectivity index (χ2n) is 5.24. The van der Waals surface area contributed by atoms with Crippen LogP contribution in [0.2, 0.25) is 0 Å². The number of aryl methyl sites for hydroxylation is 1. The lowest BCUT2D eigenvalue weighted by Gasteiger charge is -2.30. The van der Waals surface area contributed by atoms with E-state index >= 15 is 0 Å². The minimum Gasteiger partial charge on any atom is -0.497 e. The number of fused-ring (bicyclic) bond motifs is 1. The first kappa shape index (κ1) is 14.4. The molecule has 1 aromatic rings. The van der Waals surface area contributed by atoms with Crippen molar-refractivity contribution in [2.75, 3.05) is 20.8 Å². The lowest BCUT2D eigenvalue weighted by molar-refractivity contribution is 0.156. The second kappa shape index (κ2) is 6.92. The fourth-order valence-electron chi connectivity index (χ4n) is 2.85. The van der Waals surface area contributed by atoms with Crippen LogP contribution in [0.25, 0.3) is 0 Å². The Morgan fingerprint density at radius 3 is 2.89 bits per heavy atom. The van der Waals surface area contributed by atoms with E-state index in [0.29, 0.717) is 12.1 Å². The fourth-order valence-corrected chi connectivity index (χ4v) is 2.85. The van der Waals surface area contributed by atoms with Crippen molar-refractivity contribution in [1.82, 2.24) is 5.32 Å². The first-order valence-corrected chi connectivity index (χ1v) is 7.20. The molecule has 0 saturated heterocycles. The molecule has 0 bridgehead atoms. The molecule has 0 amide bonds. The molecule has 3 nitrogen and oxygen atoms in total. The van der Waals surface area contributed by atoms with Crippen molar-refractivity contribution in [1.29, 1.82) is 0 Å². The zero-order chi connectivity index (χ0) is 13.7. The quantitative estimate of drug-likeness (QED) is 0.855. The molecular formula is C16H25NO2. The summed E-state index contributed by atoms with van der Waals surface area (Å²) in [6.45, 7) is 2.97. The summed E-state index contributed by atoms with van der Waals surface area (Å²) in [6, 6.07) is 7.31. The van der Waals surface area contributed by atoms with Gasteiger partial charge in [0.15, 0.2) is 0 Å². The molecule has 2 rings (SSSR count). The van der Waals surface area contributed by atoms with Crippen LogP contribution in [-0.4, -0.2) is 26.9 Å². The Kier molecular flexibility index (Phi) is 5.23. The van der Waals surface area contributed by atoms with Gasteiger partial charge >= 0.3 is 0 Å². The third-order valence-corrected chi connectivity index (χ3v) is 3.96. The topological polar surface area (TPSA) is 30.5 Å². The molecule has 3 heteroatoms. The molecule has 1 aliphatic rings. The highest BCUT2D eigenvalue weighted by atomic mass is 16.5. The van der Waals surface area contributed by atoms with Gasteiger partial charge in [0.05, 0.1) is 13.7 Å². The van der Waals surface area contributed by atoms with Crippen LogP contribution >= 0.6 is 0 Å². The molecule has 0 radical (unpaired) electrons. The summed E-state index contributed by atoms with van der Waals surface area (Å²) in [7, 11) is 3.49. The Morgan fingerprint density at radius 1 is 1.37 bits per heavy atom. The molecule has 1 aliphatic carbocycles. The summed E-state index contributed by atoms with van der Waals surface area (Å²) in [4.78, 5) is 0. The summed E-state index contributed by atoms with van der Waals surface area (Å²) >= 11 is 0. The molecule has 2 unspecified atom stereocenters. The summed E-state index contributed by atoms with van der Waals surface area (Å²) in [5, 5.41) is 3.73. The normalized spacial score (nSPS) is 19.8. The Bertz CT molecular complexity index is 406. The van der Waals surface area contributed by atoms with Crippen LogP contribution in [0.3, 0.4) is 0 Å². The van der Waals surface area contributed by atoms with E-state index in [1.165, 1.54) is 30.4 Å². The van der Waals surface area contributed by atoms with Crippen LogP contribution in [0.1, 0.15) is 43.4 Å². The van der Waals surface area contributed by atoms with Crippen LogP contribution < -0.4 is 10.1 Å². The highest BCUT2D eigenvalue weighted by molar-refractivity contribution is 5.39. The van der Waals surface area contributed by atoms with Gasteiger partial charge in [-0.25, -0.2) is 0 Å². The predicted molar refractivity (Wildman–Crippen MR) is 77.8 cm³/mol. The second-order valence-corrected chi connectivity index (χ2v) is 5.24. The zero-order valence-corrected chi connectivity index (χ0v) is 12.2. The number of benzene rings is 1. The molecule has 0 aromatic heterocycles. The first-order valence-electron chi connectivity index (χ1n) is 7.20. The van der Waals surface area contributed by atoms with Crippen molar-refractivity contribution >= 4 is 0 Å². The van der Waals surface area contributed by atoms with Gasteiger partial charge in [-0.3, -0.25) is 0 Å². The van der Waals surface area contributed by atoms with Gasteiger partial charge in [0, 0.05) is 19.2 Å². The van der Waals surface area contributed by atoms with Crippen molar-refractivity contribution in [3.8, 4) is 5.75 Å². The van der Waals surface area contributed by atoms with Gasteiger partial charge < -0.3 is 14.8 Å². The molecule has 106 valence electrons. The van der Waals surface area contributed by atoms with Crippen LogP contribution in [-0.2, 0) is 11.2 Å². The summed E-state index contributed by atoms with van der Waals surface area (Å²) in [5.74, 6) is 0.951. The minimum atomic E-state index is 0.423. The van der Waals surface area contributed by atoms with Gasteiger partial charge in [0.25, 0.3) is 0 Å². The smallest absolute Gasteiger partial charge is 0.119 e. The highest BCUT2D eigenvalue weighted by Crippen LogP contribution is 2.32. The maximum Gasteiger partial charge on any atom is 0.119 e. The van der Waals surface area contributed by atoms with Gasteiger partial charge in [-0.1, -0.05) is 13.0 Å². The standard InChI is InChI=1S/C16H25NO2/c1-4-13(11-18-2)17-16-7-5-6-12-8-9-14(19-3)10-15(12)16/h8-10,13,16-17H,4-7,11H2,1-3H3. The molecule has 0 spiro atoms. The van der Waals surface area contributed by atoms with E-state index in [9.17, 15) is 0 Å². The van der Waals surface area contributed by atoms with Gasteiger partial charge in [0.1, 0.15) is 5.75 Å². The van der Waals surface area contributed by atoms with Crippen molar-refractivity contribution in [2.45, 2.75) is 44.7 Å². The molecule has 1 aromatic carbocycles. The lowest BCUT2D eigenvalue weighted by Crippen LogP contribution is -2.37. The van der Waals surface area contributed by atoms with Crippen molar-refractivity contribution in [3.63, 3.8) is 0 Å². The maximum absolute atomic E-state index is 5.35. The van der Waals surface area contributed by atoms with Crippen LogP contribution in [0, 0.1) is 0 Å². The number of rotatable bonds is 6. The summed E-state index contributed by atoms with van der Waals surface area (Å²) < 4.78 is 10.6. The minimum absolute atomic E-state index is 0.423. The van der Waals surface area contributed by atoms with Crippen LogP contribution in [0.5, 0.6) is 5.75 Å². The molecule has 0 heterocycles. The van der Waals surface area contributed by atoms with Crippen LogP contribution in [0.15, 0.2) is 18.2 Å². The Balaban J connectivity index is 2.15. The zero-order valence-electron chi connectivity index (χ0n) is 12.2. The van der Waals surface area contributed by atoms with E-state index in [4.69, 9.17) is 9.47 Å². The molecular weight excluding hydrogens is 238 g/mol. The maximum atomic E-state index is 5.35. The SMILES string of the molecule is CCC(COC)NC1CCCc2ccc(OC)cc21. The van der Waals surface area contributed by atoms with Crippen molar-refractivity contribution in [3.05, 3.63) is 29.3 Å². The Labute approximate surface area is 116 Å². The summed E-state index contributed by atoms with van der Waals surface area (Å²) in [6.07, 6.45) is 4.71. The van der Waals surface area contributed by atoms with Gasteiger partial charge in [-0.05, 0) is 48.9 Å². The lowest BCUT2D eigenvalue weighted by atomic mass is 9.87. The Hall–Kier alpha value is -1.06. The van der Waals surface area contributed by atoms with Gasteiger partial charge in [0.2, 0.25) is 0 Å². The fraction of sp³-hybridized carbons (Fsp3) is 0.625. The van der Waals surface area contributed by atoms with E-state index in [1.54, 1.807) is 14.2 Å². The average molecular weight is 263 g/mol. The van der Waals surface area contributed by atoms with E-state index in [-0.39, 0.29) is 0 Å². The monoisotopic (exact) mass is 263 g/mol. The molecule has 0 fully saturated rings. The van der Waals surface area contributed by atoms with Gasteiger partial charge in [-0.2, -0.15) is 0 Å². The predicted octanol–water partition coefficient (Wildman–Crippen LogP) is 3.09. The largest absolute Gasteiger partial charge is 0.497 e. The number of hydrogen-bond donors (Lipinski definition) is 1. The Morgan fingerprint density at radius 2 is 2.21 bits per heavy atom. The van der Waals surface area contributed by atoms with E-state index < -0.39 is 0 Å². The summed E-state index contributed by atoms with van der Waals surface area (Å²) in [5.41, 5.74) is 2.86. The average Bonchev–Trinajstić information content (AvgIpc) is 2.46. The van der Waals surface area contributed by atoms with E-state index in [1.807, 2.05) is 0 Å². The third kappa shape index (κ3) is 3.48. The molecule has 0 saturated carbocycles. The molecule has 1 N–H and O–H groups in total. The molecule has 2 atom stereocenters. The van der Waals surface area contributed by atoms with Crippen LogP contribution in [0.4, 0.5) is 0 Å². The number of ether oxygens (including phenoxy) is 2. The number of hydrogen-bond acceptors (Lipinski definition) is 3. The van der Waals surface area contributed by atoms with Crippen molar-refractivity contribution < 1.29 is 9.47 Å². The highest BCUT2D eigenvalue weighted by Gasteiger charge is 2.22. The van der Waals surface area contributed by atoms with Crippen molar-refractivity contribution in [2.24, 2.45) is 0 Å². The molecule has 19 heavy (non-hydrogen) atoms. The third-order valence-electron chi connectivity index (χ3n) is 3.96. The number of methoxy groups -OCH3 is 2. The first-order chi connectivity index (χ1) is 9.28. The molecule has 0 aliphatic heterocycles.